The summed E-state index contributed by atoms with van der Waals surface area (Å²) in [6.45, 7) is 6.20. The molecule has 8 heteroatoms. The number of rotatable bonds is 6. The molecule has 1 saturated carbocycles. The summed E-state index contributed by atoms with van der Waals surface area (Å²) in [5.74, 6) is 0.286. The van der Waals surface area contributed by atoms with Crippen LogP contribution in [-0.4, -0.2) is 16.5 Å². The van der Waals surface area contributed by atoms with Gasteiger partial charge in [0.2, 0.25) is 5.95 Å². The van der Waals surface area contributed by atoms with Crippen molar-refractivity contribution < 1.29 is 13.2 Å². The molecule has 0 spiro atoms. The van der Waals surface area contributed by atoms with Gasteiger partial charge in [-0.3, -0.25) is 0 Å². The maximum Gasteiger partial charge on any atom is 0.434 e. The lowest BCUT2D eigenvalue weighted by atomic mass is 9.89. The van der Waals surface area contributed by atoms with Gasteiger partial charge in [0.1, 0.15) is 0 Å². The Morgan fingerprint density at radius 3 is 2.66 bits per heavy atom. The van der Waals surface area contributed by atoms with Crippen LogP contribution in [0.1, 0.15) is 48.9 Å². The van der Waals surface area contributed by atoms with Crippen molar-refractivity contribution in [2.24, 2.45) is 5.92 Å². The van der Waals surface area contributed by atoms with Crippen molar-refractivity contribution in [2.45, 2.75) is 45.2 Å². The number of anilines is 2. The van der Waals surface area contributed by atoms with E-state index < -0.39 is 11.9 Å². The molecule has 1 heterocycles. The molecule has 0 aliphatic heterocycles. The molecule has 0 radical (unpaired) electrons. The van der Waals surface area contributed by atoms with Gasteiger partial charge < -0.3 is 10.6 Å². The lowest BCUT2D eigenvalue weighted by Gasteiger charge is -2.23. The van der Waals surface area contributed by atoms with E-state index in [0.29, 0.717) is 23.2 Å². The fraction of sp³-hybridized carbons (Fsp3) is 0.429. The Kier molecular flexibility index (Phi) is 6.67. The van der Waals surface area contributed by atoms with Crippen molar-refractivity contribution in [3.8, 4) is 0 Å². The first-order valence-corrected chi connectivity index (χ1v) is 10.0. The third-order valence-corrected chi connectivity index (χ3v) is 5.65. The van der Waals surface area contributed by atoms with Gasteiger partial charge in [0.15, 0.2) is 5.69 Å². The Labute approximate surface area is 173 Å². The second-order valence-electron chi connectivity index (χ2n) is 7.38. The Morgan fingerprint density at radius 1 is 1.24 bits per heavy atom. The van der Waals surface area contributed by atoms with Gasteiger partial charge in [-0.2, -0.15) is 13.2 Å². The molecular weight excluding hydrogens is 401 g/mol. The number of nitrogens with zero attached hydrogens (tertiary/aromatic N) is 2. The van der Waals surface area contributed by atoms with Crippen LogP contribution >= 0.6 is 11.6 Å². The Morgan fingerprint density at radius 2 is 1.97 bits per heavy atom. The highest BCUT2D eigenvalue weighted by Crippen LogP contribution is 2.34. The van der Waals surface area contributed by atoms with Gasteiger partial charge >= 0.3 is 6.18 Å². The van der Waals surface area contributed by atoms with Crippen molar-refractivity contribution in [2.75, 3.05) is 11.9 Å². The molecular formula is C21H24ClF3N4. The highest BCUT2D eigenvalue weighted by molar-refractivity contribution is 6.34. The number of halogens is 4. The maximum absolute atomic E-state index is 13.7. The van der Waals surface area contributed by atoms with Crippen LogP contribution in [0.3, 0.4) is 0 Å². The zero-order valence-corrected chi connectivity index (χ0v) is 17.0. The molecule has 156 valence electrons. The Balaban J connectivity index is 1.80. The fourth-order valence-corrected chi connectivity index (χ4v) is 3.67. The minimum absolute atomic E-state index is 0.144. The third kappa shape index (κ3) is 5.41. The molecule has 1 aromatic heterocycles. The summed E-state index contributed by atoms with van der Waals surface area (Å²) < 4.78 is 41.0. The van der Waals surface area contributed by atoms with E-state index in [1.54, 1.807) is 25.1 Å². The van der Waals surface area contributed by atoms with E-state index in [0.717, 1.165) is 37.4 Å². The minimum Gasteiger partial charge on any atom is -0.385 e. The molecule has 2 aromatic rings. The van der Waals surface area contributed by atoms with Crippen LogP contribution in [0.4, 0.5) is 24.8 Å². The average Bonchev–Trinajstić information content (AvgIpc) is 2.70. The quantitative estimate of drug-likeness (QED) is 0.568. The van der Waals surface area contributed by atoms with Gasteiger partial charge in [-0.1, -0.05) is 49.6 Å². The van der Waals surface area contributed by atoms with Crippen molar-refractivity contribution in [1.29, 1.82) is 0 Å². The molecule has 4 nitrogen and oxygen atoms in total. The molecule has 1 aliphatic carbocycles. The summed E-state index contributed by atoms with van der Waals surface area (Å²) in [7, 11) is 0. The molecule has 29 heavy (non-hydrogen) atoms. The lowest BCUT2D eigenvalue weighted by Crippen LogP contribution is -2.25. The maximum atomic E-state index is 13.7. The van der Waals surface area contributed by atoms with Crippen LogP contribution in [0.2, 0.25) is 5.02 Å². The van der Waals surface area contributed by atoms with Gasteiger partial charge in [-0.15, -0.1) is 0 Å². The predicted molar refractivity (Wildman–Crippen MR) is 110 cm³/mol. The summed E-state index contributed by atoms with van der Waals surface area (Å²) in [4.78, 5) is 7.77. The molecule has 0 bridgehead atoms. The Hall–Kier alpha value is -2.28. The highest BCUT2D eigenvalue weighted by atomic mass is 35.5. The molecule has 3 rings (SSSR count). The normalized spacial score (nSPS) is 15.2. The van der Waals surface area contributed by atoms with Gasteiger partial charge in [0.25, 0.3) is 0 Å². The van der Waals surface area contributed by atoms with Crippen LogP contribution in [0.5, 0.6) is 0 Å². The summed E-state index contributed by atoms with van der Waals surface area (Å²) >= 11 is 6.21. The average molecular weight is 425 g/mol. The number of hydrogen-bond acceptors (Lipinski definition) is 4. The highest BCUT2D eigenvalue weighted by Gasteiger charge is 2.37. The van der Waals surface area contributed by atoms with Gasteiger partial charge in [-0.05, 0) is 37.3 Å². The van der Waals surface area contributed by atoms with E-state index in [9.17, 15) is 13.2 Å². The third-order valence-electron chi connectivity index (χ3n) is 5.15. The summed E-state index contributed by atoms with van der Waals surface area (Å²) in [6.07, 6.45) is 2.24. The zero-order valence-electron chi connectivity index (χ0n) is 16.2. The second-order valence-corrected chi connectivity index (χ2v) is 7.76. The summed E-state index contributed by atoms with van der Waals surface area (Å²) in [5.41, 5.74) is 0.253. The molecule has 0 atom stereocenters. The molecule has 2 N–H and O–H groups in total. The lowest BCUT2D eigenvalue weighted by molar-refractivity contribution is -0.141. The van der Waals surface area contributed by atoms with Crippen LogP contribution in [-0.2, 0) is 6.18 Å². The van der Waals surface area contributed by atoms with E-state index in [2.05, 4.69) is 27.2 Å². The van der Waals surface area contributed by atoms with Crippen LogP contribution in [0, 0.1) is 12.8 Å². The monoisotopic (exact) mass is 424 g/mol. The fourth-order valence-electron chi connectivity index (χ4n) is 3.50. The minimum atomic E-state index is -4.64. The number of hydrogen-bond donors (Lipinski definition) is 2. The molecule has 0 unspecified atom stereocenters. The summed E-state index contributed by atoms with van der Waals surface area (Å²) in [5, 5.41) is 6.23. The number of aryl methyl sites for hydroxylation is 1. The Bertz CT molecular complexity index is 877. The van der Waals surface area contributed by atoms with E-state index in [-0.39, 0.29) is 17.2 Å². The first-order chi connectivity index (χ1) is 13.8. The number of aromatic nitrogens is 2. The van der Waals surface area contributed by atoms with Crippen LogP contribution < -0.4 is 10.6 Å². The van der Waals surface area contributed by atoms with Gasteiger partial charge in [0, 0.05) is 24.0 Å². The molecule has 1 aliphatic rings. The summed E-state index contributed by atoms with van der Waals surface area (Å²) in [6, 6.07) is 5.21. The van der Waals surface area contributed by atoms with Gasteiger partial charge in [-0.25, -0.2) is 9.97 Å². The largest absolute Gasteiger partial charge is 0.434 e. The molecule has 1 fully saturated rings. The van der Waals surface area contributed by atoms with Crippen LogP contribution in [0.25, 0.3) is 5.70 Å². The molecule has 1 aromatic carbocycles. The van der Waals surface area contributed by atoms with E-state index >= 15 is 0 Å². The smallest absolute Gasteiger partial charge is 0.385 e. The zero-order chi connectivity index (χ0) is 21.0. The second kappa shape index (κ2) is 9.03. The molecule has 0 amide bonds. The molecule has 0 saturated heterocycles. The number of alkyl halides is 3. The van der Waals surface area contributed by atoms with E-state index in [1.165, 1.54) is 6.42 Å². The standard InChI is InChI=1S/C21H24ClF3N4/c1-13-7-6-10-17(18(13)22)28-20-27-12-16(19(29-20)21(23,24)25)14(2)26-11-15-8-4-3-5-9-15/h6-7,10,12,15,26H,2-5,8-9,11H2,1H3,(H,27,28,29). The number of benzene rings is 1. The van der Waals surface area contributed by atoms with Crippen molar-refractivity contribution in [3.63, 3.8) is 0 Å². The van der Waals surface area contributed by atoms with Gasteiger partial charge in [0.05, 0.1) is 10.7 Å². The first-order valence-electron chi connectivity index (χ1n) is 9.65. The number of nitrogens with one attached hydrogen (secondary N) is 2. The van der Waals surface area contributed by atoms with E-state index in [1.807, 2.05) is 0 Å². The van der Waals surface area contributed by atoms with Crippen LogP contribution in [0.15, 0.2) is 31.0 Å². The first kappa shape index (κ1) is 21.4. The van der Waals surface area contributed by atoms with E-state index in [4.69, 9.17) is 11.6 Å². The SMILES string of the molecule is C=C(NCC1CCCCC1)c1cnc(Nc2cccc(C)c2Cl)nc1C(F)(F)F. The topological polar surface area (TPSA) is 49.8 Å². The van der Waals surface area contributed by atoms with Crippen molar-refractivity contribution in [3.05, 3.63) is 52.8 Å². The predicted octanol–water partition coefficient (Wildman–Crippen LogP) is 6.34. The van der Waals surface area contributed by atoms with Crippen molar-refractivity contribution >= 4 is 28.9 Å². The van der Waals surface area contributed by atoms with Crippen molar-refractivity contribution in [1.82, 2.24) is 15.3 Å².